The van der Waals surface area contributed by atoms with Crippen LogP contribution in [0.5, 0.6) is 5.75 Å². The molecule has 5 nitrogen and oxygen atoms in total. The van der Waals surface area contributed by atoms with Crippen LogP contribution in [-0.2, 0) is 9.59 Å². The predicted molar refractivity (Wildman–Crippen MR) is 75.3 cm³/mol. The summed E-state index contributed by atoms with van der Waals surface area (Å²) in [5.41, 5.74) is 0.728. The molecule has 21 heavy (non-hydrogen) atoms. The van der Waals surface area contributed by atoms with E-state index in [1.165, 1.54) is 18.3 Å². The molecular weight excluding hydrogens is 268 g/mol. The molecule has 4 rings (SSSR count). The van der Waals surface area contributed by atoms with E-state index in [1.807, 2.05) is 0 Å². The fraction of sp³-hybridized carbons (Fsp3) is 0.312. The average molecular weight is 282 g/mol. The van der Waals surface area contributed by atoms with Crippen LogP contribution in [-0.4, -0.2) is 28.1 Å². The second-order valence-corrected chi connectivity index (χ2v) is 5.82. The Labute approximate surface area is 121 Å². The summed E-state index contributed by atoms with van der Waals surface area (Å²) < 4.78 is 0. The third-order valence-electron chi connectivity index (χ3n) is 4.66. The van der Waals surface area contributed by atoms with Crippen LogP contribution >= 0.6 is 0 Å². The van der Waals surface area contributed by atoms with Gasteiger partial charge in [-0.15, -0.1) is 0 Å². The van der Waals surface area contributed by atoms with Gasteiger partial charge >= 0.3 is 0 Å². The van der Waals surface area contributed by atoms with Crippen LogP contribution in [0, 0.1) is 23.7 Å². The molecule has 1 N–H and O–H groups in total. The highest BCUT2D eigenvalue weighted by Gasteiger charge is 2.59. The van der Waals surface area contributed by atoms with Gasteiger partial charge in [-0.1, -0.05) is 12.2 Å². The zero-order valence-electron chi connectivity index (χ0n) is 11.2. The lowest BCUT2D eigenvalue weighted by Crippen LogP contribution is -2.28. The van der Waals surface area contributed by atoms with Crippen molar-refractivity contribution < 1.29 is 14.7 Å². The molecule has 1 heterocycles. The number of rotatable bonds is 2. The molecule has 2 bridgehead atoms. The van der Waals surface area contributed by atoms with Gasteiger partial charge in [-0.05, 0) is 48.1 Å². The Morgan fingerprint density at radius 3 is 2.19 bits per heavy atom. The standard InChI is InChI=1S/C16H14N2O3/c19-12-5-1-9(2-6-12)8-17-18-15(20)13-10-3-4-11(7-10)14(13)16(18)21/h1-6,8,10-11,13-14,19H,7H2/b17-8+/t10-,11-,13-,14+/m0/s1. The van der Waals surface area contributed by atoms with Crippen LogP contribution in [0.15, 0.2) is 41.5 Å². The SMILES string of the molecule is O=C1[C@@H]2[C@H](C(=O)N1/N=C/c1ccc(O)cc1)[C@H]1C=C[C@H]2C1. The van der Waals surface area contributed by atoms with Gasteiger partial charge in [0.2, 0.25) is 0 Å². The average Bonchev–Trinajstić information content (AvgIpc) is 3.14. The van der Waals surface area contributed by atoms with Gasteiger partial charge in [0.1, 0.15) is 5.75 Å². The van der Waals surface area contributed by atoms with Crippen molar-refractivity contribution in [2.75, 3.05) is 0 Å². The number of nitrogens with zero attached hydrogens (tertiary/aromatic N) is 2. The van der Waals surface area contributed by atoms with E-state index in [-0.39, 0.29) is 41.2 Å². The number of amides is 2. The second kappa shape index (κ2) is 4.28. The van der Waals surface area contributed by atoms with Crippen LogP contribution in [0.25, 0.3) is 0 Å². The number of benzene rings is 1. The van der Waals surface area contributed by atoms with Crippen molar-refractivity contribution in [3.05, 3.63) is 42.0 Å². The molecule has 2 fully saturated rings. The fourth-order valence-electron chi connectivity index (χ4n) is 3.69. The Morgan fingerprint density at radius 1 is 1.05 bits per heavy atom. The molecule has 0 aromatic heterocycles. The number of phenolic OH excluding ortho intramolecular Hbond substituents is 1. The van der Waals surface area contributed by atoms with Gasteiger partial charge in [0.15, 0.2) is 0 Å². The number of hydrogen-bond acceptors (Lipinski definition) is 4. The van der Waals surface area contributed by atoms with Crippen LogP contribution < -0.4 is 0 Å². The van der Waals surface area contributed by atoms with E-state index in [2.05, 4.69) is 17.3 Å². The minimum atomic E-state index is -0.218. The van der Waals surface area contributed by atoms with Crippen molar-refractivity contribution in [1.82, 2.24) is 5.01 Å². The molecule has 1 aliphatic heterocycles. The first-order chi connectivity index (χ1) is 10.1. The molecule has 1 aromatic rings. The van der Waals surface area contributed by atoms with Crippen LogP contribution in [0.3, 0.4) is 0 Å². The van der Waals surface area contributed by atoms with E-state index in [4.69, 9.17) is 0 Å². The van der Waals surface area contributed by atoms with E-state index in [1.54, 1.807) is 12.1 Å². The zero-order chi connectivity index (χ0) is 14.6. The molecule has 1 saturated heterocycles. The number of carbonyl (C=O) groups excluding carboxylic acids is 2. The molecule has 0 unspecified atom stereocenters. The van der Waals surface area contributed by atoms with Gasteiger partial charge < -0.3 is 5.11 Å². The maximum absolute atomic E-state index is 12.4. The quantitative estimate of drug-likeness (QED) is 0.508. The van der Waals surface area contributed by atoms with Crippen molar-refractivity contribution >= 4 is 18.0 Å². The second-order valence-electron chi connectivity index (χ2n) is 5.82. The van der Waals surface area contributed by atoms with Gasteiger partial charge in [0.05, 0.1) is 18.1 Å². The lowest BCUT2D eigenvalue weighted by Gasteiger charge is -2.13. The summed E-state index contributed by atoms with van der Waals surface area (Å²) in [5, 5.41) is 14.3. The van der Waals surface area contributed by atoms with Crippen molar-refractivity contribution in [2.24, 2.45) is 28.8 Å². The Morgan fingerprint density at radius 2 is 1.62 bits per heavy atom. The summed E-state index contributed by atoms with van der Waals surface area (Å²) in [4.78, 5) is 24.8. The van der Waals surface area contributed by atoms with E-state index < -0.39 is 0 Å². The third-order valence-corrected chi connectivity index (χ3v) is 4.66. The highest BCUT2D eigenvalue weighted by molar-refractivity contribution is 6.06. The first-order valence-corrected chi connectivity index (χ1v) is 7.04. The summed E-state index contributed by atoms with van der Waals surface area (Å²) in [5.74, 6) is -0.240. The first kappa shape index (κ1) is 12.3. The molecule has 4 atom stereocenters. The van der Waals surface area contributed by atoms with Gasteiger partial charge in [-0.25, -0.2) is 0 Å². The minimum absolute atomic E-state index is 0.164. The monoisotopic (exact) mass is 282 g/mol. The normalized spacial score (nSPS) is 33.4. The highest BCUT2D eigenvalue weighted by atomic mass is 16.3. The fourth-order valence-corrected chi connectivity index (χ4v) is 3.69. The smallest absolute Gasteiger partial charge is 0.254 e. The lowest BCUT2D eigenvalue weighted by molar-refractivity contribution is -0.140. The third kappa shape index (κ3) is 1.73. The first-order valence-electron chi connectivity index (χ1n) is 7.04. The van der Waals surface area contributed by atoms with E-state index >= 15 is 0 Å². The Kier molecular flexibility index (Phi) is 2.51. The molecular formula is C16H14N2O3. The Balaban J connectivity index is 1.58. The number of fused-ring (bicyclic) bond motifs is 5. The summed E-state index contributed by atoms with van der Waals surface area (Å²) in [6.45, 7) is 0. The van der Waals surface area contributed by atoms with Crippen LogP contribution in [0.2, 0.25) is 0 Å². The van der Waals surface area contributed by atoms with E-state index in [0.29, 0.717) is 0 Å². The molecule has 0 radical (unpaired) electrons. The molecule has 2 aliphatic carbocycles. The van der Waals surface area contributed by atoms with Gasteiger partial charge in [-0.2, -0.15) is 10.1 Å². The van der Waals surface area contributed by atoms with E-state index in [9.17, 15) is 14.7 Å². The minimum Gasteiger partial charge on any atom is -0.508 e. The molecule has 2 amide bonds. The Hall–Kier alpha value is -2.43. The largest absolute Gasteiger partial charge is 0.508 e. The van der Waals surface area contributed by atoms with Crippen LogP contribution in [0.1, 0.15) is 12.0 Å². The summed E-state index contributed by atoms with van der Waals surface area (Å²) in [6.07, 6.45) is 6.52. The molecule has 5 heteroatoms. The number of allylic oxidation sites excluding steroid dienone is 2. The molecule has 106 valence electrons. The number of aromatic hydroxyl groups is 1. The van der Waals surface area contributed by atoms with Crippen LogP contribution in [0.4, 0.5) is 0 Å². The van der Waals surface area contributed by atoms with Crippen molar-refractivity contribution in [1.29, 1.82) is 0 Å². The number of phenols is 1. The number of carbonyl (C=O) groups is 2. The van der Waals surface area contributed by atoms with Crippen molar-refractivity contribution in [2.45, 2.75) is 6.42 Å². The summed E-state index contributed by atoms with van der Waals surface area (Å²) >= 11 is 0. The van der Waals surface area contributed by atoms with E-state index in [0.717, 1.165) is 17.0 Å². The van der Waals surface area contributed by atoms with Gasteiger partial charge in [0.25, 0.3) is 11.8 Å². The topological polar surface area (TPSA) is 70.0 Å². The van der Waals surface area contributed by atoms with Gasteiger partial charge in [-0.3, -0.25) is 9.59 Å². The maximum atomic E-state index is 12.4. The Bertz CT molecular complexity index is 647. The number of imide groups is 1. The molecule has 1 saturated carbocycles. The maximum Gasteiger partial charge on any atom is 0.254 e. The highest BCUT2D eigenvalue weighted by Crippen LogP contribution is 2.52. The van der Waals surface area contributed by atoms with Gasteiger partial charge in [0, 0.05) is 0 Å². The predicted octanol–water partition coefficient (Wildman–Crippen LogP) is 1.53. The van der Waals surface area contributed by atoms with Crippen molar-refractivity contribution in [3.8, 4) is 5.75 Å². The molecule has 3 aliphatic rings. The molecule has 1 aromatic carbocycles. The lowest BCUT2D eigenvalue weighted by atomic mass is 9.85. The number of hydrazone groups is 1. The summed E-state index contributed by atoms with van der Waals surface area (Å²) in [6, 6.07) is 6.42. The van der Waals surface area contributed by atoms with Crippen molar-refractivity contribution in [3.63, 3.8) is 0 Å². The zero-order valence-corrected chi connectivity index (χ0v) is 11.2. The molecule has 0 spiro atoms. The number of hydrogen-bond donors (Lipinski definition) is 1. The summed E-state index contributed by atoms with van der Waals surface area (Å²) in [7, 11) is 0.